The van der Waals surface area contributed by atoms with Crippen molar-refractivity contribution in [2.75, 3.05) is 5.32 Å². The van der Waals surface area contributed by atoms with Crippen molar-refractivity contribution in [2.45, 2.75) is 20.0 Å². The van der Waals surface area contributed by atoms with Gasteiger partial charge in [0, 0.05) is 24.5 Å². The van der Waals surface area contributed by atoms with Crippen molar-refractivity contribution in [3.63, 3.8) is 0 Å². The largest absolute Gasteiger partial charge is 0.474 e. The van der Waals surface area contributed by atoms with E-state index in [0.29, 0.717) is 17.1 Å². The Morgan fingerprint density at radius 2 is 1.96 bits per heavy atom. The molecule has 0 saturated heterocycles. The van der Waals surface area contributed by atoms with Crippen molar-refractivity contribution in [3.8, 4) is 17.3 Å². The van der Waals surface area contributed by atoms with E-state index in [4.69, 9.17) is 4.74 Å². The minimum Gasteiger partial charge on any atom is -0.474 e. The first-order valence-corrected chi connectivity index (χ1v) is 7.92. The molecule has 0 radical (unpaired) electrons. The molecule has 0 atom stereocenters. The molecular formula is C18H19N5O2. The van der Waals surface area contributed by atoms with Gasteiger partial charge in [0.2, 0.25) is 5.88 Å². The molecule has 1 aromatic carbocycles. The van der Waals surface area contributed by atoms with Crippen molar-refractivity contribution in [2.24, 2.45) is 7.05 Å². The fraction of sp³-hybridized carbons (Fsp3) is 0.222. The molecule has 2 heterocycles. The molecule has 0 spiro atoms. The highest BCUT2D eigenvalue weighted by Crippen LogP contribution is 2.21. The molecule has 25 heavy (non-hydrogen) atoms. The molecule has 0 unspecified atom stereocenters. The molecule has 1 N–H and O–H groups in total. The van der Waals surface area contributed by atoms with Gasteiger partial charge in [0.1, 0.15) is 11.9 Å². The first-order chi connectivity index (χ1) is 12.0. The molecule has 0 saturated carbocycles. The van der Waals surface area contributed by atoms with Gasteiger partial charge in [-0.15, -0.1) is 10.2 Å². The zero-order chi connectivity index (χ0) is 17.8. The minimum absolute atomic E-state index is 0.0628. The summed E-state index contributed by atoms with van der Waals surface area (Å²) in [6.45, 7) is 3.78. The zero-order valence-electron chi connectivity index (χ0n) is 14.3. The van der Waals surface area contributed by atoms with Crippen LogP contribution in [0.2, 0.25) is 0 Å². The Morgan fingerprint density at radius 3 is 2.60 bits per heavy atom. The normalized spacial score (nSPS) is 10.7. The molecule has 128 valence electrons. The van der Waals surface area contributed by atoms with Crippen LogP contribution in [0.25, 0.3) is 11.4 Å². The fourth-order valence-corrected chi connectivity index (χ4v) is 2.33. The number of aromatic nitrogens is 4. The Kier molecular flexibility index (Phi) is 4.74. The van der Waals surface area contributed by atoms with Gasteiger partial charge in [-0.25, -0.2) is 4.98 Å². The van der Waals surface area contributed by atoms with Crippen molar-refractivity contribution >= 4 is 11.6 Å². The van der Waals surface area contributed by atoms with Crippen LogP contribution in [-0.4, -0.2) is 31.8 Å². The second-order valence-electron chi connectivity index (χ2n) is 5.82. The van der Waals surface area contributed by atoms with E-state index >= 15 is 0 Å². The van der Waals surface area contributed by atoms with Gasteiger partial charge < -0.3 is 14.6 Å². The molecule has 7 nitrogen and oxygen atoms in total. The van der Waals surface area contributed by atoms with Crippen LogP contribution in [0.1, 0.15) is 24.2 Å². The number of nitrogens with zero attached hydrogens (tertiary/aromatic N) is 4. The SMILES string of the molecule is CC(C)Oc1ncccc1C(=O)Nc1ccc(-c2nncn2C)cc1. The first-order valence-electron chi connectivity index (χ1n) is 7.92. The maximum absolute atomic E-state index is 12.5. The molecule has 0 fully saturated rings. The number of benzene rings is 1. The average molecular weight is 337 g/mol. The number of aryl methyl sites for hydroxylation is 1. The molecule has 3 rings (SSSR count). The highest BCUT2D eigenvalue weighted by Gasteiger charge is 2.15. The molecular weight excluding hydrogens is 318 g/mol. The molecule has 2 aromatic heterocycles. The van der Waals surface area contributed by atoms with E-state index in [9.17, 15) is 4.79 Å². The number of nitrogens with one attached hydrogen (secondary N) is 1. The molecule has 0 bridgehead atoms. The molecule has 1 amide bonds. The Bertz CT molecular complexity index is 871. The van der Waals surface area contributed by atoms with Crippen LogP contribution < -0.4 is 10.1 Å². The lowest BCUT2D eigenvalue weighted by Crippen LogP contribution is -2.16. The van der Waals surface area contributed by atoms with E-state index < -0.39 is 0 Å². The number of anilines is 1. The lowest BCUT2D eigenvalue weighted by molar-refractivity contribution is 0.102. The Hall–Kier alpha value is -3.22. The van der Waals surface area contributed by atoms with Crippen LogP contribution in [0.15, 0.2) is 48.9 Å². The number of amides is 1. The van der Waals surface area contributed by atoms with Crippen molar-refractivity contribution in [1.29, 1.82) is 0 Å². The van der Waals surface area contributed by atoms with Crippen LogP contribution in [0.4, 0.5) is 5.69 Å². The van der Waals surface area contributed by atoms with Gasteiger partial charge in [0.25, 0.3) is 5.91 Å². The summed E-state index contributed by atoms with van der Waals surface area (Å²) in [6, 6.07) is 10.8. The third kappa shape index (κ3) is 3.82. The molecule has 0 aliphatic heterocycles. The van der Waals surface area contributed by atoms with Gasteiger partial charge in [0.15, 0.2) is 5.82 Å². The summed E-state index contributed by atoms with van der Waals surface area (Å²) in [5, 5.41) is 10.8. The van der Waals surface area contributed by atoms with Crippen molar-refractivity contribution < 1.29 is 9.53 Å². The quantitative estimate of drug-likeness (QED) is 0.774. The topological polar surface area (TPSA) is 81.9 Å². The number of carbonyl (C=O) groups excluding carboxylic acids is 1. The Morgan fingerprint density at radius 1 is 1.20 bits per heavy atom. The molecule has 7 heteroatoms. The summed E-state index contributed by atoms with van der Waals surface area (Å²) < 4.78 is 7.43. The predicted octanol–water partition coefficient (Wildman–Crippen LogP) is 2.92. The molecule has 0 aliphatic carbocycles. The monoisotopic (exact) mass is 337 g/mol. The third-order valence-electron chi connectivity index (χ3n) is 3.48. The fourth-order valence-electron chi connectivity index (χ4n) is 2.33. The number of pyridine rings is 1. The van der Waals surface area contributed by atoms with Gasteiger partial charge in [-0.3, -0.25) is 4.79 Å². The van der Waals surface area contributed by atoms with Crippen LogP contribution in [0.5, 0.6) is 5.88 Å². The van der Waals surface area contributed by atoms with Crippen LogP contribution >= 0.6 is 0 Å². The predicted molar refractivity (Wildman–Crippen MR) is 94.4 cm³/mol. The Balaban J connectivity index is 1.77. The van der Waals surface area contributed by atoms with E-state index in [1.165, 1.54) is 0 Å². The van der Waals surface area contributed by atoms with Crippen LogP contribution in [0.3, 0.4) is 0 Å². The van der Waals surface area contributed by atoms with E-state index in [2.05, 4.69) is 20.5 Å². The smallest absolute Gasteiger partial charge is 0.261 e. The van der Waals surface area contributed by atoms with Gasteiger partial charge in [-0.2, -0.15) is 0 Å². The number of hydrogen-bond acceptors (Lipinski definition) is 5. The number of rotatable bonds is 5. The summed E-state index contributed by atoms with van der Waals surface area (Å²) >= 11 is 0. The standard InChI is InChI=1S/C18H19N5O2/c1-12(2)25-18-15(5-4-10-19-18)17(24)21-14-8-6-13(7-9-14)16-22-20-11-23(16)3/h4-12H,1-3H3,(H,21,24). The second kappa shape index (κ2) is 7.12. The summed E-state index contributed by atoms with van der Waals surface area (Å²) in [5.74, 6) is 0.818. The van der Waals surface area contributed by atoms with Crippen LogP contribution in [-0.2, 0) is 7.05 Å². The summed E-state index contributed by atoms with van der Waals surface area (Å²) in [5.41, 5.74) is 1.99. The third-order valence-corrected chi connectivity index (χ3v) is 3.48. The second-order valence-corrected chi connectivity index (χ2v) is 5.82. The average Bonchev–Trinajstić information content (AvgIpc) is 3.01. The van der Waals surface area contributed by atoms with Gasteiger partial charge in [-0.05, 0) is 50.2 Å². The van der Waals surface area contributed by atoms with Gasteiger partial charge in [-0.1, -0.05) is 0 Å². The van der Waals surface area contributed by atoms with E-state index in [1.54, 1.807) is 24.7 Å². The highest BCUT2D eigenvalue weighted by molar-refractivity contribution is 6.05. The maximum Gasteiger partial charge on any atom is 0.261 e. The number of hydrogen-bond donors (Lipinski definition) is 1. The minimum atomic E-state index is -0.268. The van der Waals surface area contributed by atoms with E-state index in [-0.39, 0.29) is 12.0 Å². The van der Waals surface area contributed by atoms with E-state index in [1.807, 2.05) is 49.7 Å². The molecule has 3 aromatic rings. The first kappa shape index (κ1) is 16.6. The molecule has 0 aliphatic rings. The lowest BCUT2D eigenvalue weighted by Gasteiger charge is -2.13. The van der Waals surface area contributed by atoms with Crippen molar-refractivity contribution in [3.05, 3.63) is 54.5 Å². The van der Waals surface area contributed by atoms with Crippen LogP contribution in [0, 0.1) is 0 Å². The van der Waals surface area contributed by atoms with Gasteiger partial charge in [0.05, 0.1) is 6.10 Å². The summed E-state index contributed by atoms with van der Waals surface area (Å²) in [7, 11) is 1.88. The van der Waals surface area contributed by atoms with Crippen molar-refractivity contribution in [1.82, 2.24) is 19.7 Å². The summed E-state index contributed by atoms with van der Waals surface area (Å²) in [6.07, 6.45) is 3.18. The number of carbonyl (C=O) groups is 1. The maximum atomic E-state index is 12.5. The lowest BCUT2D eigenvalue weighted by atomic mass is 10.2. The number of ether oxygens (including phenoxy) is 1. The van der Waals surface area contributed by atoms with E-state index in [0.717, 1.165) is 11.4 Å². The zero-order valence-corrected chi connectivity index (χ0v) is 14.3. The van der Waals surface area contributed by atoms with Gasteiger partial charge >= 0.3 is 0 Å². The Labute approximate surface area is 145 Å². The summed E-state index contributed by atoms with van der Waals surface area (Å²) in [4.78, 5) is 16.7. The highest BCUT2D eigenvalue weighted by atomic mass is 16.5.